The lowest BCUT2D eigenvalue weighted by atomic mass is 9.32. The zero-order chi connectivity index (χ0) is 29.0. The van der Waals surface area contributed by atoms with Gasteiger partial charge in [-0.25, -0.2) is 0 Å². The highest BCUT2D eigenvalue weighted by molar-refractivity contribution is 7.33. The van der Waals surface area contributed by atoms with Crippen LogP contribution in [0.15, 0.2) is 97.1 Å². The maximum absolute atomic E-state index is 2.67. The van der Waals surface area contributed by atoms with Gasteiger partial charge in [0.1, 0.15) is 0 Å². The van der Waals surface area contributed by atoms with Gasteiger partial charge in [0.15, 0.2) is 0 Å². The molecule has 0 atom stereocenters. The fourth-order valence-corrected chi connectivity index (χ4v) is 9.39. The van der Waals surface area contributed by atoms with Crippen molar-refractivity contribution >= 4 is 60.9 Å². The monoisotopic (exact) mass is 571 g/mol. The van der Waals surface area contributed by atoms with Crippen LogP contribution in [0, 0.1) is 6.92 Å². The van der Waals surface area contributed by atoms with Gasteiger partial charge in [-0.1, -0.05) is 98.5 Å². The van der Waals surface area contributed by atoms with E-state index in [0.717, 1.165) is 12.8 Å². The van der Waals surface area contributed by atoms with Crippen molar-refractivity contribution in [1.29, 1.82) is 0 Å². The molecule has 2 aliphatic heterocycles. The molecule has 0 bridgehead atoms. The van der Waals surface area contributed by atoms with Gasteiger partial charge in [0.2, 0.25) is 0 Å². The van der Waals surface area contributed by atoms with Crippen molar-refractivity contribution in [2.24, 2.45) is 0 Å². The number of fused-ring (bicyclic) bond motifs is 7. The summed E-state index contributed by atoms with van der Waals surface area (Å²) in [7, 11) is 0. The zero-order valence-electron chi connectivity index (χ0n) is 25.3. The topological polar surface area (TPSA) is 3.24 Å². The van der Waals surface area contributed by atoms with E-state index in [4.69, 9.17) is 0 Å². The van der Waals surface area contributed by atoms with E-state index in [-0.39, 0.29) is 12.1 Å². The molecule has 0 unspecified atom stereocenters. The zero-order valence-corrected chi connectivity index (χ0v) is 26.1. The van der Waals surface area contributed by atoms with E-state index in [1.807, 2.05) is 11.3 Å². The van der Waals surface area contributed by atoms with Crippen molar-refractivity contribution in [3.05, 3.63) is 130 Å². The second kappa shape index (κ2) is 8.97. The van der Waals surface area contributed by atoms with Gasteiger partial charge in [-0.3, -0.25) is 0 Å². The van der Waals surface area contributed by atoms with Gasteiger partial charge >= 0.3 is 0 Å². The normalized spacial score (nSPS) is 15.4. The van der Waals surface area contributed by atoms with E-state index in [1.54, 1.807) is 0 Å². The van der Waals surface area contributed by atoms with Gasteiger partial charge in [0, 0.05) is 31.5 Å². The van der Waals surface area contributed by atoms with Crippen LogP contribution in [0.3, 0.4) is 0 Å². The minimum absolute atomic E-state index is 0.0805. The van der Waals surface area contributed by atoms with E-state index >= 15 is 0 Å². The molecule has 3 heterocycles. The Kier molecular flexibility index (Phi) is 5.30. The lowest BCUT2D eigenvalue weighted by molar-refractivity contribution is 0.646. The summed E-state index contributed by atoms with van der Waals surface area (Å²) in [4.78, 5) is 2.67. The Hall–Kier alpha value is -4.08. The number of thiophene rings is 1. The first-order valence-corrected chi connectivity index (χ1v) is 16.6. The molecule has 0 fully saturated rings. The van der Waals surface area contributed by atoms with Gasteiger partial charge in [0.05, 0.1) is 11.4 Å². The summed E-state index contributed by atoms with van der Waals surface area (Å²) in [6, 6.07) is 37.5. The molecule has 6 aromatic rings. The average molecular weight is 572 g/mol. The molecule has 1 aromatic heterocycles. The Morgan fingerprint density at radius 1 is 0.791 bits per heavy atom. The highest BCUT2D eigenvalue weighted by Gasteiger charge is 2.47. The average Bonchev–Trinajstić information content (AvgIpc) is 3.38. The van der Waals surface area contributed by atoms with Gasteiger partial charge < -0.3 is 4.90 Å². The largest absolute Gasteiger partial charge is 0.309 e. The summed E-state index contributed by atoms with van der Waals surface area (Å²) in [6.07, 6.45) is 3.38. The number of rotatable bonds is 3. The predicted octanol–water partition coefficient (Wildman–Crippen LogP) is 8.48. The smallest absolute Gasteiger partial charge is 0.260 e. The van der Waals surface area contributed by atoms with Crippen LogP contribution in [0.5, 0.6) is 0 Å². The molecular weight excluding hydrogens is 537 g/mol. The van der Waals surface area contributed by atoms with Crippen LogP contribution < -0.4 is 20.6 Å². The Bertz CT molecular complexity index is 2120. The lowest BCUT2D eigenvalue weighted by Crippen LogP contribution is -2.63. The molecule has 0 saturated heterocycles. The standard InChI is InChI=1S/C40H34BNS/c1-5-25-15-19-36-30(21-25)38-39(43-36)41-33-20-24(2)14-18-31(33)40(3,4)32-12-9-13-34(37(32)41)42(38)35-23-28-17-16-27(28)22-29(35)26-10-7-6-8-11-26/h6-15,18-23H,5,16-17H2,1-4H3. The highest BCUT2D eigenvalue weighted by atomic mass is 32.1. The van der Waals surface area contributed by atoms with Crippen LogP contribution in [-0.2, 0) is 24.7 Å². The minimum Gasteiger partial charge on any atom is -0.309 e. The van der Waals surface area contributed by atoms with Crippen molar-refractivity contribution < 1.29 is 0 Å². The molecule has 0 radical (unpaired) electrons. The number of hydrogen-bond donors (Lipinski definition) is 0. The second-order valence-corrected chi connectivity index (χ2v) is 14.3. The summed E-state index contributed by atoms with van der Waals surface area (Å²) in [5, 5.41) is 1.39. The summed E-state index contributed by atoms with van der Waals surface area (Å²) in [5.74, 6) is 0. The van der Waals surface area contributed by atoms with Crippen LogP contribution >= 0.6 is 11.3 Å². The second-order valence-electron chi connectivity index (χ2n) is 13.2. The molecule has 9 rings (SSSR count). The molecule has 3 aliphatic rings. The quantitative estimate of drug-likeness (QED) is 0.192. The third-order valence-electron chi connectivity index (χ3n) is 10.4. The molecule has 208 valence electrons. The van der Waals surface area contributed by atoms with Gasteiger partial charge in [-0.05, 0) is 95.4 Å². The molecule has 5 aromatic carbocycles. The van der Waals surface area contributed by atoms with Crippen LogP contribution in [0.25, 0.3) is 21.2 Å². The summed E-state index contributed by atoms with van der Waals surface area (Å²) >= 11 is 2.01. The number of anilines is 3. The fraction of sp³-hybridized carbons (Fsp3) is 0.200. The maximum atomic E-state index is 2.67. The van der Waals surface area contributed by atoms with Crippen molar-refractivity contribution in [3.63, 3.8) is 0 Å². The number of benzene rings is 5. The first kappa shape index (κ1) is 25.4. The van der Waals surface area contributed by atoms with E-state index in [0.29, 0.717) is 0 Å². The molecular formula is C40H34BNS. The van der Waals surface area contributed by atoms with Gasteiger partial charge in [-0.2, -0.15) is 0 Å². The van der Waals surface area contributed by atoms with Crippen molar-refractivity contribution in [3.8, 4) is 11.1 Å². The van der Waals surface area contributed by atoms with Crippen LogP contribution in [0.2, 0.25) is 0 Å². The van der Waals surface area contributed by atoms with E-state index in [1.165, 1.54) is 93.8 Å². The molecule has 1 aliphatic carbocycles. The van der Waals surface area contributed by atoms with Crippen LogP contribution in [-0.4, -0.2) is 6.71 Å². The minimum atomic E-state index is -0.0805. The molecule has 3 heteroatoms. The summed E-state index contributed by atoms with van der Waals surface area (Å²) in [5.41, 5.74) is 18.2. The number of nitrogens with zero attached hydrogens (tertiary/aromatic N) is 1. The fourth-order valence-electron chi connectivity index (χ4n) is 8.10. The number of hydrogen-bond acceptors (Lipinski definition) is 2. The van der Waals surface area contributed by atoms with Gasteiger partial charge in [-0.15, -0.1) is 11.3 Å². The molecule has 0 saturated carbocycles. The molecule has 1 nitrogen and oxygen atoms in total. The molecule has 0 spiro atoms. The van der Waals surface area contributed by atoms with Crippen molar-refractivity contribution in [2.45, 2.75) is 52.4 Å². The Morgan fingerprint density at radius 2 is 1.60 bits per heavy atom. The van der Waals surface area contributed by atoms with Gasteiger partial charge in [0.25, 0.3) is 6.71 Å². The third-order valence-corrected chi connectivity index (χ3v) is 11.7. The summed E-state index contributed by atoms with van der Waals surface area (Å²) in [6.45, 7) is 9.59. The van der Waals surface area contributed by atoms with Crippen LogP contribution in [0.1, 0.15) is 54.2 Å². The Balaban J connectivity index is 1.43. The first-order valence-electron chi connectivity index (χ1n) is 15.7. The third kappa shape index (κ3) is 3.46. The van der Waals surface area contributed by atoms with Crippen molar-refractivity contribution in [1.82, 2.24) is 0 Å². The van der Waals surface area contributed by atoms with E-state index in [9.17, 15) is 0 Å². The first-order chi connectivity index (χ1) is 20.9. The summed E-state index contributed by atoms with van der Waals surface area (Å²) < 4.78 is 2.86. The van der Waals surface area contributed by atoms with Crippen LogP contribution in [0.4, 0.5) is 17.1 Å². The van der Waals surface area contributed by atoms with E-state index < -0.39 is 0 Å². The SMILES string of the molecule is CCc1ccc2sc3c(c2c1)N(c1cc2c(cc1-c1ccccc1)CC2)c1cccc2c1B3c1cc(C)ccc1C2(C)C. The van der Waals surface area contributed by atoms with Crippen molar-refractivity contribution in [2.75, 3.05) is 4.90 Å². The number of aryl methyl sites for hydroxylation is 4. The highest BCUT2D eigenvalue weighted by Crippen LogP contribution is 2.50. The molecule has 43 heavy (non-hydrogen) atoms. The predicted molar refractivity (Wildman–Crippen MR) is 187 cm³/mol. The Morgan fingerprint density at radius 3 is 2.40 bits per heavy atom. The molecule has 0 N–H and O–H groups in total. The lowest BCUT2D eigenvalue weighted by Gasteiger charge is -2.45. The maximum Gasteiger partial charge on any atom is 0.260 e. The van der Waals surface area contributed by atoms with E-state index in [2.05, 4.69) is 130 Å². The Labute approximate surface area is 258 Å². The molecule has 0 amide bonds.